The number of para-hydroxylation sites is 2. The Kier molecular flexibility index (Phi) is 5.45. The van der Waals surface area contributed by atoms with Crippen molar-refractivity contribution < 1.29 is 23.4 Å². The van der Waals surface area contributed by atoms with Crippen molar-refractivity contribution in [2.75, 3.05) is 39.9 Å². The second-order valence-corrected chi connectivity index (χ2v) is 7.92. The van der Waals surface area contributed by atoms with E-state index < -0.39 is 6.10 Å². The molecule has 3 heterocycles. The fourth-order valence-electron chi connectivity index (χ4n) is 4.18. The number of ether oxygens (including phenoxy) is 3. The Labute approximate surface area is 184 Å². The zero-order valence-electron chi connectivity index (χ0n) is 17.8. The summed E-state index contributed by atoms with van der Waals surface area (Å²) in [5, 5.41) is 0.885. The number of methoxy groups -OCH3 is 1. The van der Waals surface area contributed by atoms with Crippen LogP contribution in [-0.2, 0) is 11.3 Å². The van der Waals surface area contributed by atoms with Crippen LogP contribution in [-0.4, -0.2) is 61.7 Å². The Bertz CT molecular complexity index is 1200. The molecule has 0 N–H and O–H groups in total. The summed E-state index contributed by atoms with van der Waals surface area (Å²) in [5.74, 6) is 1.85. The maximum absolute atomic E-state index is 12.9. The Morgan fingerprint density at radius 1 is 1.06 bits per heavy atom. The molecule has 1 saturated heterocycles. The summed E-state index contributed by atoms with van der Waals surface area (Å²) in [5.41, 5.74) is 1.03. The number of amides is 1. The second-order valence-electron chi connectivity index (χ2n) is 7.92. The summed E-state index contributed by atoms with van der Waals surface area (Å²) in [7, 11) is 1.58. The molecule has 3 aromatic rings. The molecular weight excluding hydrogens is 412 g/mol. The number of carbonyl (C=O) groups excluding carboxylic acids is 1. The third-order valence-electron chi connectivity index (χ3n) is 5.90. The van der Waals surface area contributed by atoms with Crippen molar-refractivity contribution in [3.8, 4) is 17.2 Å². The third kappa shape index (κ3) is 4.01. The molecule has 1 amide bonds. The van der Waals surface area contributed by atoms with Crippen LogP contribution < -0.4 is 19.8 Å². The van der Waals surface area contributed by atoms with Crippen LogP contribution in [0.5, 0.6) is 17.2 Å². The molecule has 8 nitrogen and oxygen atoms in total. The highest BCUT2D eigenvalue weighted by molar-refractivity contribution is 5.82. The van der Waals surface area contributed by atoms with Crippen LogP contribution in [0.1, 0.15) is 5.56 Å². The predicted octanol–water partition coefficient (Wildman–Crippen LogP) is 2.29. The van der Waals surface area contributed by atoms with Gasteiger partial charge in [-0.25, -0.2) is 4.79 Å². The predicted molar refractivity (Wildman–Crippen MR) is 117 cm³/mol. The van der Waals surface area contributed by atoms with Gasteiger partial charge < -0.3 is 23.5 Å². The SMILES string of the molecule is COc1ccc2c(CN3CCN(C(=O)[C@H]4COc5ccccc5O4)CC3)cc(=O)oc2c1. The van der Waals surface area contributed by atoms with Gasteiger partial charge in [-0.05, 0) is 29.8 Å². The number of rotatable bonds is 4. The first-order valence-electron chi connectivity index (χ1n) is 10.6. The van der Waals surface area contributed by atoms with Gasteiger partial charge in [-0.3, -0.25) is 9.69 Å². The zero-order chi connectivity index (χ0) is 22.1. The number of piperazine rings is 1. The Balaban J connectivity index is 1.23. The fraction of sp³-hybridized carbons (Fsp3) is 0.333. The van der Waals surface area contributed by atoms with E-state index in [1.165, 1.54) is 6.07 Å². The van der Waals surface area contributed by atoms with E-state index in [1.807, 2.05) is 41.3 Å². The minimum Gasteiger partial charge on any atom is -0.497 e. The molecular formula is C24H24N2O6. The summed E-state index contributed by atoms with van der Waals surface area (Å²) in [6.45, 7) is 3.40. The first-order valence-corrected chi connectivity index (χ1v) is 10.6. The molecule has 0 radical (unpaired) electrons. The van der Waals surface area contributed by atoms with Crippen molar-refractivity contribution in [1.29, 1.82) is 0 Å². The van der Waals surface area contributed by atoms with Crippen LogP contribution in [0, 0.1) is 0 Å². The number of nitrogens with zero attached hydrogens (tertiary/aromatic N) is 2. The molecule has 0 saturated carbocycles. The van der Waals surface area contributed by atoms with Gasteiger partial charge in [-0.1, -0.05) is 12.1 Å². The molecule has 2 aliphatic rings. The van der Waals surface area contributed by atoms with Crippen molar-refractivity contribution in [2.24, 2.45) is 0 Å². The lowest BCUT2D eigenvalue weighted by atomic mass is 10.1. The van der Waals surface area contributed by atoms with E-state index in [0.717, 1.165) is 10.9 Å². The summed E-state index contributed by atoms with van der Waals surface area (Å²) >= 11 is 0. The second kappa shape index (κ2) is 8.55. The summed E-state index contributed by atoms with van der Waals surface area (Å²) in [6.07, 6.45) is -0.630. The highest BCUT2D eigenvalue weighted by Crippen LogP contribution is 2.31. The monoisotopic (exact) mass is 436 g/mol. The van der Waals surface area contributed by atoms with Gasteiger partial charge in [0, 0.05) is 50.2 Å². The van der Waals surface area contributed by atoms with E-state index in [1.54, 1.807) is 13.2 Å². The van der Waals surface area contributed by atoms with Crippen molar-refractivity contribution in [3.63, 3.8) is 0 Å². The van der Waals surface area contributed by atoms with Crippen LogP contribution in [0.4, 0.5) is 0 Å². The normalized spacial score (nSPS) is 18.5. The molecule has 1 aromatic heterocycles. The van der Waals surface area contributed by atoms with Gasteiger partial charge in [0.2, 0.25) is 6.10 Å². The molecule has 0 spiro atoms. The molecule has 1 fully saturated rings. The van der Waals surface area contributed by atoms with Crippen LogP contribution in [0.2, 0.25) is 0 Å². The fourth-order valence-corrected chi connectivity index (χ4v) is 4.18. The summed E-state index contributed by atoms with van der Waals surface area (Å²) < 4.78 is 22.1. The van der Waals surface area contributed by atoms with Crippen LogP contribution in [0.25, 0.3) is 11.0 Å². The van der Waals surface area contributed by atoms with Crippen LogP contribution >= 0.6 is 0 Å². The van der Waals surface area contributed by atoms with Crippen LogP contribution in [0.15, 0.2) is 57.7 Å². The van der Waals surface area contributed by atoms with Gasteiger partial charge in [0.05, 0.1) is 7.11 Å². The quantitative estimate of drug-likeness (QED) is 0.581. The van der Waals surface area contributed by atoms with Gasteiger partial charge in [0.1, 0.15) is 17.9 Å². The lowest BCUT2D eigenvalue weighted by Crippen LogP contribution is -2.53. The maximum atomic E-state index is 12.9. The molecule has 0 bridgehead atoms. The lowest BCUT2D eigenvalue weighted by molar-refractivity contribution is -0.143. The van der Waals surface area contributed by atoms with Crippen molar-refractivity contribution >= 4 is 16.9 Å². The first kappa shape index (κ1) is 20.4. The van der Waals surface area contributed by atoms with Crippen molar-refractivity contribution in [1.82, 2.24) is 9.80 Å². The Morgan fingerprint density at radius 3 is 2.62 bits per heavy atom. The van der Waals surface area contributed by atoms with E-state index in [9.17, 15) is 9.59 Å². The van der Waals surface area contributed by atoms with E-state index in [4.69, 9.17) is 18.6 Å². The molecule has 8 heteroatoms. The highest BCUT2D eigenvalue weighted by Gasteiger charge is 2.32. The number of carbonyl (C=O) groups is 1. The summed E-state index contributed by atoms with van der Waals surface area (Å²) in [6, 6.07) is 14.4. The van der Waals surface area contributed by atoms with E-state index in [0.29, 0.717) is 55.6 Å². The van der Waals surface area contributed by atoms with Gasteiger partial charge in [0.25, 0.3) is 5.91 Å². The number of fused-ring (bicyclic) bond motifs is 2. The molecule has 2 aromatic carbocycles. The standard InChI is InChI=1S/C24H24N2O6/c1-29-17-6-7-18-16(12-23(27)32-21(18)13-17)14-25-8-10-26(11-9-25)24(28)22-15-30-19-4-2-3-5-20(19)31-22/h2-7,12-13,22H,8-11,14-15H2,1H3/t22-/m1/s1. The number of benzene rings is 2. The van der Waals surface area contributed by atoms with Gasteiger partial charge in [-0.15, -0.1) is 0 Å². The largest absolute Gasteiger partial charge is 0.497 e. The highest BCUT2D eigenvalue weighted by atomic mass is 16.6. The maximum Gasteiger partial charge on any atom is 0.336 e. The van der Waals surface area contributed by atoms with Gasteiger partial charge in [-0.2, -0.15) is 0 Å². The summed E-state index contributed by atoms with van der Waals surface area (Å²) in [4.78, 5) is 29.0. The van der Waals surface area contributed by atoms with Crippen LogP contribution in [0.3, 0.4) is 0 Å². The molecule has 0 aliphatic carbocycles. The Hall–Kier alpha value is -3.52. The zero-order valence-corrected chi connectivity index (χ0v) is 17.8. The molecule has 2 aliphatic heterocycles. The average Bonchev–Trinajstić information content (AvgIpc) is 2.83. The smallest absolute Gasteiger partial charge is 0.336 e. The first-order chi connectivity index (χ1) is 15.6. The number of hydrogen-bond acceptors (Lipinski definition) is 7. The molecule has 0 unspecified atom stereocenters. The lowest BCUT2D eigenvalue weighted by Gasteiger charge is -2.37. The Morgan fingerprint density at radius 2 is 1.84 bits per heavy atom. The van der Waals surface area contributed by atoms with Crippen molar-refractivity contribution in [2.45, 2.75) is 12.6 Å². The van der Waals surface area contributed by atoms with E-state index in [-0.39, 0.29) is 18.1 Å². The van der Waals surface area contributed by atoms with Gasteiger partial charge >= 0.3 is 5.63 Å². The molecule has 1 atom stereocenters. The van der Waals surface area contributed by atoms with E-state index >= 15 is 0 Å². The topological polar surface area (TPSA) is 81.5 Å². The molecule has 32 heavy (non-hydrogen) atoms. The average molecular weight is 436 g/mol. The number of hydrogen-bond donors (Lipinski definition) is 0. The van der Waals surface area contributed by atoms with Crippen molar-refractivity contribution in [3.05, 3.63) is 64.5 Å². The minimum atomic E-state index is -0.630. The van der Waals surface area contributed by atoms with Gasteiger partial charge in [0.15, 0.2) is 11.5 Å². The molecule has 166 valence electrons. The minimum absolute atomic E-state index is 0.0583. The third-order valence-corrected chi connectivity index (χ3v) is 5.90. The van der Waals surface area contributed by atoms with E-state index in [2.05, 4.69) is 4.90 Å². The molecule has 5 rings (SSSR count).